The van der Waals surface area contributed by atoms with Crippen LogP contribution < -0.4 is 5.73 Å². The van der Waals surface area contributed by atoms with Crippen molar-refractivity contribution in [2.24, 2.45) is 7.05 Å². The van der Waals surface area contributed by atoms with Gasteiger partial charge in [0.2, 0.25) is 0 Å². The van der Waals surface area contributed by atoms with Gasteiger partial charge in [-0.3, -0.25) is 0 Å². The Labute approximate surface area is 128 Å². The number of para-hydroxylation sites is 2. The SMILES string of the molecule is Cn1c(-c2c(C3CC3)nn(CCO)c2N)nc2ccccc21. The molecule has 0 amide bonds. The fourth-order valence-corrected chi connectivity index (χ4v) is 3.00. The van der Waals surface area contributed by atoms with Crippen LogP contribution in [-0.4, -0.2) is 31.0 Å². The van der Waals surface area contributed by atoms with E-state index < -0.39 is 0 Å². The van der Waals surface area contributed by atoms with Crippen LogP contribution in [0.2, 0.25) is 0 Å². The average Bonchev–Trinajstić information content (AvgIpc) is 3.25. The van der Waals surface area contributed by atoms with Crippen LogP contribution in [0.3, 0.4) is 0 Å². The summed E-state index contributed by atoms with van der Waals surface area (Å²) in [7, 11) is 2.00. The van der Waals surface area contributed by atoms with Crippen LogP contribution in [0.15, 0.2) is 24.3 Å². The van der Waals surface area contributed by atoms with Crippen LogP contribution in [0.5, 0.6) is 0 Å². The van der Waals surface area contributed by atoms with Crippen LogP contribution in [0.1, 0.15) is 24.5 Å². The minimum Gasteiger partial charge on any atom is -0.394 e. The van der Waals surface area contributed by atoms with E-state index in [0.29, 0.717) is 18.3 Å². The highest BCUT2D eigenvalue weighted by molar-refractivity contribution is 5.84. The second kappa shape index (κ2) is 4.84. The summed E-state index contributed by atoms with van der Waals surface area (Å²) in [6.45, 7) is 0.438. The minimum atomic E-state index is 0.0258. The number of fused-ring (bicyclic) bond motifs is 1. The highest BCUT2D eigenvalue weighted by atomic mass is 16.3. The molecule has 2 heterocycles. The molecule has 114 valence electrons. The van der Waals surface area contributed by atoms with Crippen LogP contribution in [0.4, 0.5) is 5.82 Å². The van der Waals surface area contributed by atoms with Gasteiger partial charge in [-0.25, -0.2) is 9.67 Å². The largest absolute Gasteiger partial charge is 0.394 e. The van der Waals surface area contributed by atoms with Gasteiger partial charge in [-0.1, -0.05) is 12.1 Å². The minimum absolute atomic E-state index is 0.0258. The average molecular weight is 297 g/mol. The number of hydrogen-bond donors (Lipinski definition) is 2. The maximum Gasteiger partial charge on any atom is 0.146 e. The van der Waals surface area contributed by atoms with Crippen LogP contribution >= 0.6 is 0 Å². The van der Waals surface area contributed by atoms with E-state index in [2.05, 4.69) is 15.7 Å². The fraction of sp³-hybridized carbons (Fsp3) is 0.375. The number of nitrogens with two attached hydrogens (primary N) is 1. The Balaban J connectivity index is 1.95. The molecular weight excluding hydrogens is 278 g/mol. The predicted octanol–water partition coefficient (Wildman–Crippen LogP) is 1.89. The molecule has 3 aromatic rings. The second-order valence-electron chi connectivity index (χ2n) is 5.85. The van der Waals surface area contributed by atoms with Gasteiger partial charge in [0.25, 0.3) is 0 Å². The first kappa shape index (κ1) is 13.3. The Morgan fingerprint density at radius 1 is 1.32 bits per heavy atom. The van der Waals surface area contributed by atoms with Gasteiger partial charge in [-0.05, 0) is 25.0 Å². The molecule has 3 N–H and O–H groups in total. The normalized spacial score (nSPS) is 14.8. The van der Waals surface area contributed by atoms with E-state index in [1.807, 2.05) is 25.2 Å². The molecule has 0 aliphatic heterocycles. The van der Waals surface area contributed by atoms with E-state index in [1.54, 1.807) is 4.68 Å². The molecule has 0 saturated heterocycles. The third-order valence-corrected chi connectivity index (χ3v) is 4.31. The van der Waals surface area contributed by atoms with Crippen molar-refractivity contribution < 1.29 is 5.11 Å². The lowest BCUT2D eigenvalue weighted by Gasteiger charge is -2.05. The van der Waals surface area contributed by atoms with Crippen molar-refractivity contribution in [2.45, 2.75) is 25.3 Å². The molecule has 6 heteroatoms. The number of aliphatic hydroxyl groups excluding tert-OH is 1. The maximum atomic E-state index is 9.20. The van der Waals surface area contributed by atoms with Crippen molar-refractivity contribution in [1.29, 1.82) is 0 Å². The lowest BCUT2D eigenvalue weighted by Crippen LogP contribution is -2.08. The number of nitrogens with zero attached hydrogens (tertiary/aromatic N) is 4. The molecule has 1 aromatic carbocycles. The van der Waals surface area contributed by atoms with Crippen LogP contribution in [0, 0.1) is 0 Å². The van der Waals surface area contributed by atoms with Gasteiger partial charge in [0.1, 0.15) is 11.6 Å². The van der Waals surface area contributed by atoms with E-state index >= 15 is 0 Å². The third-order valence-electron chi connectivity index (χ3n) is 4.31. The first-order valence-electron chi connectivity index (χ1n) is 7.59. The molecule has 1 aliphatic rings. The van der Waals surface area contributed by atoms with Gasteiger partial charge in [-0.2, -0.15) is 5.10 Å². The highest BCUT2D eigenvalue weighted by Gasteiger charge is 2.33. The van der Waals surface area contributed by atoms with Gasteiger partial charge in [0.15, 0.2) is 0 Å². The number of aromatic nitrogens is 4. The number of benzene rings is 1. The van der Waals surface area contributed by atoms with E-state index in [1.165, 1.54) is 0 Å². The summed E-state index contributed by atoms with van der Waals surface area (Å²) < 4.78 is 3.76. The van der Waals surface area contributed by atoms with Crippen LogP contribution in [0.25, 0.3) is 22.4 Å². The Morgan fingerprint density at radius 3 is 2.77 bits per heavy atom. The number of anilines is 1. The zero-order valence-corrected chi connectivity index (χ0v) is 12.5. The van der Waals surface area contributed by atoms with Crippen molar-refractivity contribution in [1.82, 2.24) is 19.3 Å². The second-order valence-corrected chi connectivity index (χ2v) is 5.85. The summed E-state index contributed by atoms with van der Waals surface area (Å²) in [5.41, 5.74) is 10.3. The molecule has 0 spiro atoms. The predicted molar refractivity (Wildman–Crippen MR) is 85.4 cm³/mol. The van der Waals surface area contributed by atoms with Crippen molar-refractivity contribution in [3.05, 3.63) is 30.0 Å². The maximum absolute atomic E-state index is 9.20. The summed E-state index contributed by atoms with van der Waals surface area (Å²) in [5, 5.41) is 13.8. The molecule has 4 rings (SSSR count). The van der Waals surface area contributed by atoms with Gasteiger partial charge in [0, 0.05) is 13.0 Å². The lowest BCUT2D eigenvalue weighted by atomic mass is 10.1. The van der Waals surface area contributed by atoms with Gasteiger partial charge in [-0.15, -0.1) is 0 Å². The number of nitrogen functional groups attached to an aromatic ring is 1. The smallest absolute Gasteiger partial charge is 0.146 e. The summed E-state index contributed by atoms with van der Waals surface area (Å²) >= 11 is 0. The van der Waals surface area contributed by atoms with Crippen molar-refractivity contribution >= 4 is 16.9 Å². The standard InChI is InChI=1S/C16H19N5O/c1-20-12-5-3-2-4-11(12)18-16(20)13-14(10-6-7-10)19-21(8-9-22)15(13)17/h2-5,10,22H,6-9,17H2,1H3. The molecular formula is C16H19N5O. The van der Waals surface area contributed by atoms with E-state index in [-0.39, 0.29) is 6.61 Å². The Hall–Kier alpha value is -2.34. The van der Waals surface area contributed by atoms with E-state index in [0.717, 1.165) is 41.0 Å². The first-order chi connectivity index (χ1) is 10.7. The molecule has 0 radical (unpaired) electrons. The Kier molecular flexibility index (Phi) is 2.94. The zero-order valence-electron chi connectivity index (χ0n) is 12.5. The van der Waals surface area contributed by atoms with Crippen LogP contribution in [-0.2, 0) is 13.6 Å². The summed E-state index contributed by atoms with van der Waals surface area (Å²) in [6.07, 6.45) is 2.29. The fourth-order valence-electron chi connectivity index (χ4n) is 3.00. The molecule has 2 aromatic heterocycles. The van der Waals surface area contributed by atoms with Crippen molar-refractivity contribution in [2.75, 3.05) is 12.3 Å². The molecule has 6 nitrogen and oxygen atoms in total. The summed E-state index contributed by atoms with van der Waals surface area (Å²) in [6, 6.07) is 8.05. The third kappa shape index (κ3) is 1.91. The Morgan fingerprint density at radius 2 is 2.09 bits per heavy atom. The molecule has 22 heavy (non-hydrogen) atoms. The quantitative estimate of drug-likeness (QED) is 0.770. The summed E-state index contributed by atoms with van der Waals surface area (Å²) in [4.78, 5) is 4.75. The zero-order chi connectivity index (χ0) is 15.3. The molecule has 1 saturated carbocycles. The molecule has 1 fully saturated rings. The number of aryl methyl sites for hydroxylation is 1. The first-order valence-corrected chi connectivity index (χ1v) is 7.59. The van der Waals surface area contributed by atoms with Gasteiger partial charge < -0.3 is 15.4 Å². The molecule has 0 unspecified atom stereocenters. The van der Waals surface area contributed by atoms with Gasteiger partial charge >= 0.3 is 0 Å². The molecule has 1 aliphatic carbocycles. The number of hydrogen-bond acceptors (Lipinski definition) is 4. The molecule has 0 atom stereocenters. The van der Waals surface area contributed by atoms with Crippen molar-refractivity contribution in [3.8, 4) is 11.4 Å². The monoisotopic (exact) mass is 297 g/mol. The van der Waals surface area contributed by atoms with E-state index in [9.17, 15) is 5.11 Å². The Bertz CT molecular complexity index is 844. The van der Waals surface area contributed by atoms with Gasteiger partial charge in [0.05, 0.1) is 35.4 Å². The topological polar surface area (TPSA) is 81.9 Å². The number of imidazole rings is 1. The van der Waals surface area contributed by atoms with E-state index in [4.69, 9.17) is 10.7 Å². The lowest BCUT2D eigenvalue weighted by molar-refractivity contribution is 0.270. The highest BCUT2D eigenvalue weighted by Crippen LogP contribution is 2.45. The number of rotatable bonds is 4. The summed E-state index contributed by atoms with van der Waals surface area (Å²) in [5.74, 6) is 1.91. The number of aliphatic hydroxyl groups is 1. The van der Waals surface area contributed by atoms with Crippen molar-refractivity contribution in [3.63, 3.8) is 0 Å². The molecule has 0 bridgehead atoms.